The van der Waals surface area contributed by atoms with Gasteiger partial charge in [-0.25, -0.2) is 13.4 Å². The van der Waals surface area contributed by atoms with Crippen LogP contribution >= 0.6 is 11.8 Å². The van der Waals surface area contributed by atoms with Crippen LogP contribution in [0.2, 0.25) is 0 Å². The molecule has 0 radical (unpaired) electrons. The number of nitrogens with zero attached hydrogens (tertiary/aromatic N) is 1. The Labute approximate surface area is 130 Å². The lowest BCUT2D eigenvalue weighted by atomic mass is 10.1. The Kier molecular flexibility index (Phi) is 5.61. The first-order chi connectivity index (χ1) is 9.99. The molecule has 0 aliphatic carbocycles. The maximum Gasteiger partial charge on any atom is 0.148 e. The van der Waals surface area contributed by atoms with Crippen LogP contribution in [0.4, 0.5) is 0 Å². The number of hydrogen-bond donors (Lipinski definition) is 1. The molecule has 1 heterocycles. The highest BCUT2D eigenvalue weighted by molar-refractivity contribution is 8.00. The van der Waals surface area contributed by atoms with Crippen LogP contribution in [0.5, 0.6) is 0 Å². The fourth-order valence-electron chi connectivity index (χ4n) is 1.94. The monoisotopic (exact) mass is 324 g/mol. The Hall–Kier alpha value is -1.11. The van der Waals surface area contributed by atoms with Crippen LogP contribution in [0.15, 0.2) is 35.4 Å². The second kappa shape index (κ2) is 7.24. The van der Waals surface area contributed by atoms with Gasteiger partial charge in [-0.15, -0.1) is 11.8 Å². The average Bonchev–Trinajstić information content (AvgIpc) is 2.43. The van der Waals surface area contributed by atoms with Crippen molar-refractivity contribution in [3.8, 4) is 0 Å². The minimum absolute atomic E-state index is 0.173. The molecule has 0 saturated heterocycles. The molecule has 21 heavy (non-hydrogen) atoms. The van der Waals surface area contributed by atoms with E-state index in [1.165, 1.54) is 18.0 Å². The maximum atomic E-state index is 11.2. The van der Waals surface area contributed by atoms with Crippen LogP contribution < -0.4 is 5.32 Å². The fourth-order valence-corrected chi connectivity index (χ4v) is 4.16. The van der Waals surface area contributed by atoms with Gasteiger partial charge in [0.15, 0.2) is 0 Å². The molecule has 1 N–H and O–H groups in total. The summed E-state index contributed by atoms with van der Waals surface area (Å²) >= 11 is 1.51. The van der Waals surface area contributed by atoms with E-state index in [9.17, 15) is 8.42 Å². The van der Waals surface area contributed by atoms with Gasteiger partial charge in [0.25, 0.3) is 0 Å². The molecule has 1 aromatic carbocycles. The second-order valence-corrected chi connectivity index (χ2v) is 8.25. The molecular formula is C15H20N2O2S2. The SMILES string of the molecule is CCNCc1cc2ccccc2nc1SCCS(C)(=O)=O. The summed E-state index contributed by atoms with van der Waals surface area (Å²) in [6, 6.07) is 10.1. The summed E-state index contributed by atoms with van der Waals surface area (Å²) in [7, 11) is -2.93. The van der Waals surface area contributed by atoms with Gasteiger partial charge >= 0.3 is 0 Å². The summed E-state index contributed by atoms with van der Waals surface area (Å²) in [6.45, 7) is 3.70. The third kappa shape index (κ3) is 4.98. The normalized spacial score (nSPS) is 11.9. The van der Waals surface area contributed by atoms with E-state index in [4.69, 9.17) is 0 Å². The predicted molar refractivity (Wildman–Crippen MR) is 89.6 cm³/mol. The molecule has 0 saturated carbocycles. The number of benzene rings is 1. The van der Waals surface area contributed by atoms with Gasteiger partial charge in [-0.05, 0) is 24.2 Å². The Bertz CT molecular complexity index is 715. The Morgan fingerprint density at radius 2 is 2.05 bits per heavy atom. The van der Waals surface area contributed by atoms with Crippen molar-refractivity contribution in [3.05, 3.63) is 35.9 Å². The van der Waals surface area contributed by atoms with Crippen LogP contribution in [0, 0.1) is 0 Å². The molecule has 0 spiro atoms. The second-order valence-electron chi connectivity index (χ2n) is 4.90. The van der Waals surface area contributed by atoms with Crippen LogP contribution in [-0.4, -0.2) is 37.7 Å². The first-order valence-corrected chi connectivity index (χ1v) is 9.94. The minimum atomic E-state index is -2.93. The van der Waals surface area contributed by atoms with E-state index >= 15 is 0 Å². The summed E-state index contributed by atoms with van der Waals surface area (Å²) in [6.07, 6.45) is 1.26. The van der Waals surface area contributed by atoms with Gasteiger partial charge in [0.2, 0.25) is 0 Å². The van der Waals surface area contributed by atoms with Crippen molar-refractivity contribution < 1.29 is 8.42 Å². The average molecular weight is 324 g/mol. The summed E-state index contributed by atoms with van der Waals surface area (Å²) in [5.74, 6) is 0.704. The number of para-hydroxylation sites is 1. The highest BCUT2D eigenvalue weighted by Gasteiger charge is 2.09. The number of aromatic nitrogens is 1. The van der Waals surface area contributed by atoms with Gasteiger partial charge in [-0.2, -0.15) is 0 Å². The summed E-state index contributed by atoms with van der Waals surface area (Å²) in [4.78, 5) is 4.68. The van der Waals surface area contributed by atoms with Crippen molar-refractivity contribution in [1.29, 1.82) is 0 Å². The quantitative estimate of drug-likeness (QED) is 0.793. The van der Waals surface area contributed by atoms with Crippen molar-refractivity contribution in [3.63, 3.8) is 0 Å². The van der Waals surface area contributed by atoms with Gasteiger partial charge in [0, 0.05) is 23.9 Å². The topological polar surface area (TPSA) is 59.1 Å². The van der Waals surface area contributed by atoms with Gasteiger partial charge in [0.05, 0.1) is 11.3 Å². The van der Waals surface area contributed by atoms with E-state index < -0.39 is 9.84 Å². The molecule has 1 aromatic heterocycles. The van der Waals surface area contributed by atoms with Gasteiger partial charge in [0.1, 0.15) is 14.9 Å². The molecule has 6 heteroatoms. The van der Waals surface area contributed by atoms with E-state index in [2.05, 4.69) is 23.3 Å². The smallest absolute Gasteiger partial charge is 0.148 e. The van der Waals surface area contributed by atoms with Crippen LogP contribution in [0.1, 0.15) is 12.5 Å². The van der Waals surface area contributed by atoms with Crippen LogP contribution in [0.3, 0.4) is 0 Å². The van der Waals surface area contributed by atoms with Gasteiger partial charge in [-0.1, -0.05) is 25.1 Å². The summed E-state index contributed by atoms with van der Waals surface area (Å²) < 4.78 is 22.5. The number of rotatable bonds is 7. The van der Waals surface area contributed by atoms with Crippen molar-refractivity contribution in [2.75, 3.05) is 24.3 Å². The number of nitrogens with one attached hydrogen (secondary N) is 1. The van der Waals surface area contributed by atoms with Crippen LogP contribution in [-0.2, 0) is 16.4 Å². The fraction of sp³-hybridized carbons (Fsp3) is 0.400. The van der Waals surface area contributed by atoms with E-state index in [1.807, 2.05) is 24.3 Å². The van der Waals surface area contributed by atoms with Crippen molar-refractivity contribution in [2.24, 2.45) is 0 Å². The first kappa shape index (κ1) is 16.3. The largest absolute Gasteiger partial charge is 0.313 e. The molecule has 0 amide bonds. The lowest BCUT2D eigenvalue weighted by Gasteiger charge is -2.10. The molecule has 0 unspecified atom stereocenters. The highest BCUT2D eigenvalue weighted by atomic mass is 32.2. The lowest BCUT2D eigenvalue weighted by Crippen LogP contribution is -2.13. The number of pyridine rings is 1. The van der Waals surface area contributed by atoms with Crippen LogP contribution in [0.25, 0.3) is 10.9 Å². The summed E-state index contributed by atoms with van der Waals surface area (Å²) in [5.41, 5.74) is 2.06. The van der Waals surface area contributed by atoms with Crippen molar-refractivity contribution in [1.82, 2.24) is 10.3 Å². The molecule has 4 nitrogen and oxygen atoms in total. The third-order valence-corrected chi connectivity index (χ3v) is 5.26. The Balaban J connectivity index is 2.25. The first-order valence-electron chi connectivity index (χ1n) is 6.89. The highest BCUT2D eigenvalue weighted by Crippen LogP contribution is 2.25. The number of sulfone groups is 1. The maximum absolute atomic E-state index is 11.2. The minimum Gasteiger partial charge on any atom is -0.313 e. The number of fused-ring (bicyclic) bond motifs is 1. The third-order valence-electron chi connectivity index (χ3n) is 3.02. The van der Waals surface area contributed by atoms with Gasteiger partial charge in [-0.3, -0.25) is 0 Å². The molecule has 114 valence electrons. The van der Waals surface area contributed by atoms with E-state index in [1.54, 1.807) is 0 Å². The molecule has 0 atom stereocenters. The lowest BCUT2D eigenvalue weighted by molar-refractivity contribution is 0.603. The summed E-state index contributed by atoms with van der Waals surface area (Å²) in [5, 5.41) is 5.33. The zero-order valence-electron chi connectivity index (χ0n) is 12.3. The Morgan fingerprint density at radius 1 is 1.29 bits per heavy atom. The van der Waals surface area contributed by atoms with E-state index in [0.717, 1.165) is 34.6 Å². The zero-order valence-corrected chi connectivity index (χ0v) is 13.9. The number of thioether (sulfide) groups is 1. The standard InChI is InChI=1S/C15H20N2O2S2/c1-3-16-11-13-10-12-6-4-5-7-14(12)17-15(13)20-8-9-21(2,18)19/h4-7,10,16H,3,8-9,11H2,1-2H3. The number of hydrogen-bond acceptors (Lipinski definition) is 5. The van der Waals surface area contributed by atoms with Crippen molar-refractivity contribution in [2.45, 2.75) is 18.5 Å². The zero-order chi connectivity index (χ0) is 15.3. The molecular weight excluding hydrogens is 304 g/mol. The molecule has 0 fully saturated rings. The molecule has 0 aliphatic heterocycles. The Morgan fingerprint density at radius 3 is 2.76 bits per heavy atom. The predicted octanol–water partition coefficient (Wildman–Crippen LogP) is 2.48. The molecule has 0 aliphatic rings. The van der Waals surface area contributed by atoms with Gasteiger partial charge < -0.3 is 5.32 Å². The molecule has 2 rings (SSSR count). The van der Waals surface area contributed by atoms with E-state index in [0.29, 0.717) is 5.75 Å². The van der Waals surface area contributed by atoms with Crippen molar-refractivity contribution >= 4 is 32.5 Å². The van der Waals surface area contributed by atoms with E-state index in [-0.39, 0.29) is 5.75 Å². The molecule has 2 aromatic rings. The molecule has 0 bridgehead atoms.